The summed E-state index contributed by atoms with van der Waals surface area (Å²) in [5.41, 5.74) is 0.802. The summed E-state index contributed by atoms with van der Waals surface area (Å²) >= 11 is 1.69. The zero-order valence-electron chi connectivity index (χ0n) is 14.6. The molecule has 3 unspecified atom stereocenters. The fourth-order valence-corrected chi connectivity index (χ4v) is 4.95. The molecule has 0 aromatic carbocycles. The van der Waals surface area contributed by atoms with Crippen LogP contribution in [0.15, 0.2) is 52.1 Å². The van der Waals surface area contributed by atoms with E-state index in [2.05, 4.69) is 27.4 Å². The predicted octanol–water partition coefficient (Wildman–Crippen LogP) is 2.72. The van der Waals surface area contributed by atoms with Gasteiger partial charge in [-0.05, 0) is 36.6 Å². The van der Waals surface area contributed by atoms with Gasteiger partial charge < -0.3 is 10.0 Å². The van der Waals surface area contributed by atoms with Gasteiger partial charge in [-0.3, -0.25) is 15.3 Å². The van der Waals surface area contributed by atoms with Gasteiger partial charge in [-0.15, -0.1) is 11.8 Å². The molecule has 1 saturated heterocycles. The van der Waals surface area contributed by atoms with Crippen LogP contribution in [0.1, 0.15) is 23.7 Å². The molecule has 27 heavy (non-hydrogen) atoms. The normalized spacial score (nSPS) is 29.5. The monoisotopic (exact) mass is 381 g/mol. The van der Waals surface area contributed by atoms with E-state index in [9.17, 15) is 15.2 Å². The van der Waals surface area contributed by atoms with E-state index in [1.54, 1.807) is 30.4 Å². The summed E-state index contributed by atoms with van der Waals surface area (Å²) < 4.78 is 0. The number of allylic oxidation sites excluding steroid dienone is 1. The highest BCUT2D eigenvalue weighted by Crippen LogP contribution is 2.50. The van der Waals surface area contributed by atoms with Crippen molar-refractivity contribution in [3.63, 3.8) is 0 Å². The number of carboxylic acid groups (broad SMARTS) is 1. The number of nitrogens with zero attached hydrogens (tertiary/aromatic N) is 4. The largest absolute Gasteiger partial charge is 0.465 e. The molecule has 1 fully saturated rings. The fraction of sp³-hybridized carbons (Fsp3) is 0.368. The Morgan fingerprint density at radius 1 is 1.44 bits per heavy atom. The third-order valence-electron chi connectivity index (χ3n) is 5.02. The molecule has 1 amide bonds. The van der Waals surface area contributed by atoms with Crippen molar-refractivity contribution in [2.24, 2.45) is 4.99 Å². The van der Waals surface area contributed by atoms with E-state index in [-0.39, 0.29) is 11.3 Å². The minimum atomic E-state index is -1.18. The molecule has 0 aliphatic carbocycles. The van der Waals surface area contributed by atoms with Crippen molar-refractivity contribution in [3.05, 3.63) is 52.7 Å². The highest BCUT2D eigenvalue weighted by Gasteiger charge is 2.43. The van der Waals surface area contributed by atoms with Gasteiger partial charge in [-0.2, -0.15) is 5.26 Å². The Bertz CT molecular complexity index is 876. The number of piperidine rings is 1. The first kappa shape index (κ1) is 17.8. The fourth-order valence-electron chi connectivity index (χ4n) is 3.70. The van der Waals surface area contributed by atoms with Gasteiger partial charge in [0, 0.05) is 48.2 Å². The molecule has 0 spiro atoms. The minimum Gasteiger partial charge on any atom is -0.465 e. The Morgan fingerprint density at radius 3 is 3.00 bits per heavy atom. The molecule has 8 heteroatoms. The van der Waals surface area contributed by atoms with Crippen LogP contribution < -0.4 is 5.32 Å². The SMILES string of the molecule is N#CC1(NC2CCCN(C(=O)O)C2)N=CC=C2SC(c3ccncc3)C=C21. The van der Waals surface area contributed by atoms with Crippen LogP contribution >= 0.6 is 11.8 Å². The van der Waals surface area contributed by atoms with Crippen molar-refractivity contribution >= 4 is 24.1 Å². The molecule has 3 aliphatic heterocycles. The van der Waals surface area contributed by atoms with Gasteiger partial charge in [-0.1, -0.05) is 6.08 Å². The summed E-state index contributed by atoms with van der Waals surface area (Å²) in [6.07, 6.45) is 9.87. The van der Waals surface area contributed by atoms with Crippen LogP contribution in [-0.4, -0.2) is 52.1 Å². The number of hydrogen-bond donors (Lipinski definition) is 2. The van der Waals surface area contributed by atoms with E-state index < -0.39 is 11.8 Å². The maximum atomic E-state index is 11.3. The van der Waals surface area contributed by atoms with E-state index in [4.69, 9.17) is 0 Å². The molecule has 4 rings (SSSR count). The number of likely N-dealkylation sites (tertiary alicyclic amines) is 1. The average Bonchev–Trinajstić information content (AvgIpc) is 3.14. The number of thioether (sulfide) groups is 1. The average molecular weight is 381 g/mol. The molecule has 1 aromatic heterocycles. The van der Waals surface area contributed by atoms with Crippen molar-refractivity contribution in [2.75, 3.05) is 13.1 Å². The smallest absolute Gasteiger partial charge is 0.407 e. The Morgan fingerprint density at radius 2 is 2.26 bits per heavy atom. The summed E-state index contributed by atoms with van der Waals surface area (Å²) in [6, 6.07) is 6.17. The molecule has 138 valence electrons. The van der Waals surface area contributed by atoms with Crippen LogP contribution in [0, 0.1) is 11.3 Å². The first-order valence-electron chi connectivity index (χ1n) is 8.83. The molecule has 2 N–H and O–H groups in total. The summed E-state index contributed by atoms with van der Waals surface area (Å²) in [6.45, 7) is 0.895. The number of amides is 1. The second-order valence-electron chi connectivity index (χ2n) is 6.74. The van der Waals surface area contributed by atoms with Gasteiger partial charge in [0.2, 0.25) is 5.66 Å². The van der Waals surface area contributed by atoms with E-state index in [1.165, 1.54) is 4.90 Å². The number of nitriles is 1. The summed E-state index contributed by atoms with van der Waals surface area (Å²) in [4.78, 5) is 22.3. The van der Waals surface area contributed by atoms with E-state index in [1.807, 2.05) is 18.2 Å². The van der Waals surface area contributed by atoms with Crippen LogP contribution in [0.5, 0.6) is 0 Å². The first-order chi connectivity index (χ1) is 13.1. The molecule has 7 nitrogen and oxygen atoms in total. The molecule has 3 aliphatic rings. The molecule has 0 radical (unpaired) electrons. The van der Waals surface area contributed by atoms with Crippen molar-refractivity contribution in [2.45, 2.75) is 29.8 Å². The second-order valence-corrected chi connectivity index (χ2v) is 7.93. The maximum absolute atomic E-state index is 11.3. The number of fused-ring (bicyclic) bond motifs is 1. The Balaban J connectivity index is 1.60. The van der Waals surface area contributed by atoms with E-state index in [0.29, 0.717) is 13.1 Å². The lowest BCUT2D eigenvalue weighted by Crippen LogP contribution is -2.56. The lowest BCUT2D eigenvalue weighted by Gasteiger charge is -2.37. The quantitative estimate of drug-likeness (QED) is 0.835. The van der Waals surface area contributed by atoms with Crippen molar-refractivity contribution in [1.82, 2.24) is 15.2 Å². The number of hydrogen-bond acceptors (Lipinski definition) is 6. The highest BCUT2D eigenvalue weighted by atomic mass is 32.2. The summed E-state index contributed by atoms with van der Waals surface area (Å²) in [7, 11) is 0. The van der Waals surface area contributed by atoms with Gasteiger partial charge in [0.1, 0.15) is 6.07 Å². The maximum Gasteiger partial charge on any atom is 0.407 e. The Labute approximate surface area is 161 Å². The molecule has 4 heterocycles. The number of dihydropyridines is 1. The third kappa shape index (κ3) is 3.36. The Kier molecular flexibility index (Phi) is 4.72. The highest BCUT2D eigenvalue weighted by molar-refractivity contribution is 8.04. The molecule has 3 atom stereocenters. The molecule has 0 bridgehead atoms. The van der Waals surface area contributed by atoms with Gasteiger partial charge >= 0.3 is 6.09 Å². The number of rotatable bonds is 3. The number of aromatic nitrogens is 1. The van der Waals surface area contributed by atoms with Crippen LogP contribution in [0.2, 0.25) is 0 Å². The second kappa shape index (κ2) is 7.18. The summed E-state index contributed by atoms with van der Waals surface area (Å²) in [5.74, 6) is 0. The van der Waals surface area contributed by atoms with Crippen LogP contribution in [0.25, 0.3) is 0 Å². The zero-order valence-corrected chi connectivity index (χ0v) is 15.4. The summed E-state index contributed by atoms with van der Waals surface area (Å²) in [5, 5.41) is 22.7. The number of carbonyl (C=O) groups is 1. The standard InChI is InChI=1S/C19H19N5O2S/c20-12-19(23-14-2-1-9-24(11-14)18(25)26)15-10-17(13-3-6-21-7-4-13)27-16(15)5-8-22-19/h3-8,10,14,17,23H,1-2,9,11H2,(H,25,26). The number of aliphatic imine (C=N–C) groups is 1. The topological polar surface area (TPSA) is 102 Å². The number of nitrogens with one attached hydrogen (secondary N) is 1. The van der Waals surface area contributed by atoms with Gasteiger partial charge in [0.15, 0.2) is 0 Å². The van der Waals surface area contributed by atoms with Crippen LogP contribution in [0.3, 0.4) is 0 Å². The van der Waals surface area contributed by atoms with Gasteiger partial charge in [0.25, 0.3) is 0 Å². The van der Waals surface area contributed by atoms with E-state index >= 15 is 0 Å². The van der Waals surface area contributed by atoms with Crippen molar-refractivity contribution in [3.8, 4) is 6.07 Å². The molecule has 0 saturated carbocycles. The van der Waals surface area contributed by atoms with Crippen LogP contribution in [0.4, 0.5) is 4.79 Å². The lowest BCUT2D eigenvalue weighted by molar-refractivity contribution is 0.123. The third-order valence-corrected chi connectivity index (χ3v) is 6.29. The van der Waals surface area contributed by atoms with Gasteiger partial charge in [-0.25, -0.2) is 4.79 Å². The zero-order chi connectivity index (χ0) is 18.9. The Hall–Kier alpha value is -2.63. The number of pyridine rings is 1. The van der Waals surface area contributed by atoms with Crippen LogP contribution in [-0.2, 0) is 0 Å². The van der Waals surface area contributed by atoms with Crippen molar-refractivity contribution < 1.29 is 9.90 Å². The molecular formula is C19H19N5O2S. The molecule has 1 aromatic rings. The predicted molar refractivity (Wildman–Crippen MR) is 103 cm³/mol. The minimum absolute atomic E-state index is 0.104. The first-order valence-corrected chi connectivity index (χ1v) is 9.71. The van der Waals surface area contributed by atoms with Gasteiger partial charge in [0.05, 0.1) is 5.25 Å². The van der Waals surface area contributed by atoms with Crippen molar-refractivity contribution in [1.29, 1.82) is 5.26 Å². The lowest BCUT2D eigenvalue weighted by atomic mass is 9.94. The van der Waals surface area contributed by atoms with E-state index in [0.717, 1.165) is 28.9 Å². The molecular weight excluding hydrogens is 362 g/mol.